The summed E-state index contributed by atoms with van der Waals surface area (Å²) in [6.07, 6.45) is 1.47. The van der Waals surface area contributed by atoms with E-state index in [2.05, 4.69) is 19.2 Å². The second-order valence-corrected chi connectivity index (χ2v) is 6.95. The lowest BCUT2D eigenvalue weighted by atomic mass is 9.97. The van der Waals surface area contributed by atoms with Crippen LogP contribution in [0, 0.1) is 11.7 Å². The first-order chi connectivity index (χ1) is 9.24. The number of rotatable bonds is 7. The van der Waals surface area contributed by atoms with Gasteiger partial charge >= 0.3 is 0 Å². The smallest absolute Gasteiger partial charge is 0.238 e. The van der Waals surface area contributed by atoms with E-state index in [0.29, 0.717) is 17.9 Å². The maximum Gasteiger partial charge on any atom is 0.238 e. The van der Waals surface area contributed by atoms with E-state index in [-0.39, 0.29) is 10.9 Å². The molecule has 1 unspecified atom stereocenters. The molecule has 0 aliphatic heterocycles. The summed E-state index contributed by atoms with van der Waals surface area (Å²) in [6, 6.07) is 4.02. The fourth-order valence-electron chi connectivity index (χ4n) is 2.23. The molecule has 0 aliphatic rings. The van der Waals surface area contributed by atoms with Crippen LogP contribution in [0.25, 0.3) is 0 Å². The SMILES string of the molecule is CCNC(Cc1ccc(S(N)(=O)=O)cc1F)CC(C)C. The molecule has 0 fully saturated rings. The molecule has 0 aromatic heterocycles. The molecule has 0 bridgehead atoms. The van der Waals surface area contributed by atoms with Crippen LogP contribution in [0.15, 0.2) is 23.1 Å². The Balaban J connectivity index is 2.91. The van der Waals surface area contributed by atoms with E-state index in [1.165, 1.54) is 12.1 Å². The highest BCUT2D eigenvalue weighted by atomic mass is 32.2. The van der Waals surface area contributed by atoms with Gasteiger partial charge in [-0.3, -0.25) is 0 Å². The van der Waals surface area contributed by atoms with E-state index in [0.717, 1.165) is 19.0 Å². The molecule has 20 heavy (non-hydrogen) atoms. The number of nitrogens with two attached hydrogens (primary N) is 1. The van der Waals surface area contributed by atoms with E-state index in [1.54, 1.807) is 0 Å². The fraction of sp³-hybridized carbons (Fsp3) is 0.571. The van der Waals surface area contributed by atoms with E-state index >= 15 is 0 Å². The molecule has 0 radical (unpaired) electrons. The topological polar surface area (TPSA) is 72.2 Å². The number of hydrogen-bond acceptors (Lipinski definition) is 3. The summed E-state index contributed by atoms with van der Waals surface area (Å²) in [5.41, 5.74) is 0.504. The second kappa shape index (κ2) is 7.15. The number of likely N-dealkylation sites (N-methyl/N-ethyl adjacent to an activating group) is 1. The van der Waals surface area contributed by atoms with Crippen LogP contribution in [-0.4, -0.2) is 21.0 Å². The van der Waals surface area contributed by atoms with Crippen LogP contribution in [0.4, 0.5) is 4.39 Å². The molecule has 1 rings (SSSR count). The number of halogens is 1. The number of primary sulfonamides is 1. The normalized spacial score (nSPS) is 13.7. The largest absolute Gasteiger partial charge is 0.314 e. The standard InChI is InChI=1S/C14H23FN2O2S/c1-4-17-12(7-10(2)3)8-11-5-6-13(9-14(11)15)20(16,18)19/h5-6,9-10,12,17H,4,7-8H2,1-3H3,(H2,16,18,19). The third-order valence-electron chi connectivity index (χ3n) is 3.07. The Morgan fingerprint density at radius 2 is 2.00 bits per heavy atom. The number of sulfonamides is 1. The monoisotopic (exact) mass is 302 g/mol. The lowest BCUT2D eigenvalue weighted by molar-refractivity contribution is 0.418. The zero-order valence-electron chi connectivity index (χ0n) is 12.2. The highest BCUT2D eigenvalue weighted by Crippen LogP contribution is 2.17. The number of nitrogens with one attached hydrogen (secondary N) is 1. The summed E-state index contributed by atoms with van der Waals surface area (Å²) in [6.45, 7) is 7.05. The molecule has 0 spiro atoms. The summed E-state index contributed by atoms with van der Waals surface area (Å²) < 4.78 is 36.3. The molecular weight excluding hydrogens is 279 g/mol. The van der Waals surface area contributed by atoms with Gasteiger partial charge in [0.15, 0.2) is 0 Å². The van der Waals surface area contributed by atoms with Gasteiger partial charge in [-0.25, -0.2) is 17.9 Å². The second-order valence-electron chi connectivity index (χ2n) is 5.39. The van der Waals surface area contributed by atoms with Crippen molar-refractivity contribution in [3.63, 3.8) is 0 Å². The van der Waals surface area contributed by atoms with Gasteiger partial charge in [0, 0.05) is 6.04 Å². The van der Waals surface area contributed by atoms with Crippen molar-refractivity contribution in [2.75, 3.05) is 6.54 Å². The maximum absolute atomic E-state index is 14.0. The van der Waals surface area contributed by atoms with Gasteiger partial charge in [0.05, 0.1) is 4.90 Å². The minimum absolute atomic E-state index is 0.176. The molecule has 1 aromatic rings. The van der Waals surface area contributed by atoms with Crippen molar-refractivity contribution in [2.24, 2.45) is 11.1 Å². The highest BCUT2D eigenvalue weighted by molar-refractivity contribution is 7.89. The van der Waals surface area contributed by atoms with Gasteiger partial charge in [-0.15, -0.1) is 0 Å². The van der Waals surface area contributed by atoms with Gasteiger partial charge in [0.25, 0.3) is 0 Å². The molecule has 0 amide bonds. The lowest BCUT2D eigenvalue weighted by Crippen LogP contribution is -2.32. The maximum atomic E-state index is 14.0. The van der Waals surface area contributed by atoms with Crippen molar-refractivity contribution in [3.05, 3.63) is 29.6 Å². The minimum Gasteiger partial charge on any atom is -0.314 e. The van der Waals surface area contributed by atoms with E-state index < -0.39 is 15.8 Å². The molecule has 1 atom stereocenters. The highest BCUT2D eigenvalue weighted by Gasteiger charge is 2.16. The molecule has 0 saturated carbocycles. The Morgan fingerprint density at radius 3 is 2.45 bits per heavy atom. The molecule has 0 aliphatic carbocycles. The van der Waals surface area contributed by atoms with Crippen molar-refractivity contribution >= 4 is 10.0 Å². The Morgan fingerprint density at radius 1 is 1.35 bits per heavy atom. The molecule has 4 nitrogen and oxygen atoms in total. The van der Waals surface area contributed by atoms with Crippen molar-refractivity contribution in [2.45, 2.75) is 44.6 Å². The van der Waals surface area contributed by atoms with Crippen LogP contribution in [0.1, 0.15) is 32.8 Å². The zero-order valence-corrected chi connectivity index (χ0v) is 13.0. The van der Waals surface area contributed by atoms with Crippen LogP contribution in [0.5, 0.6) is 0 Å². The first kappa shape index (κ1) is 17.1. The van der Waals surface area contributed by atoms with Crippen LogP contribution >= 0.6 is 0 Å². The summed E-state index contributed by atoms with van der Waals surface area (Å²) in [4.78, 5) is -0.192. The lowest BCUT2D eigenvalue weighted by Gasteiger charge is -2.20. The van der Waals surface area contributed by atoms with Crippen LogP contribution in [-0.2, 0) is 16.4 Å². The Labute approximate surface area is 120 Å². The molecule has 0 saturated heterocycles. The van der Waals surface area contributed by atoms with Gasteiger partial charge in [-0.2, -0.15) is 0 Å². The minimum atomic E-state index is -3.86. The predicted molar refractivity (Wildman–Crippen MR) is 78.4 cm³/mol. The Bertz CT molecular complexity index is 544. The van der Waals surface area contributed by atoms with Crippen molar-refractivity contribution in [1.29, 1.82) is 0 Å². The van der Waals surface area contributed by atoms with Gasteiger partial charge in [-0.05, 0) is 43.0 Å². The Kier molecular flexibility index (Phi) is 6.10. The molecule has 1 aromatic carbocycles. The van der Waals surface area contributed by atoms with Crippen molar-refractivity contribution in [1.82, 2.24) is 5.32 Å². The molecule has 0 heterocycles. The molecule has 3 N–H and O–H groups in total. The average Bonchev–Trinajstić information content (AvgIpc) is 2.29. The van der Waals surface area contributed by atoms with Crippen LogP contribution < -0.4 is 10.5 Å². The summed E-state index contributed by atoms with van der Waals surface area (Å²) >= 11 is 0. The summed E-state index contributed by atoms with van der Waals surface area (Å²) in [7, 11) is -3.86. The van der Waals surface area contributed by atoms with Crippen LogP contribution in [0.3, 0.4) is 0 Å². The van der Waals surface area contributed by atoms with E-state index in [4.69, 9.17) is 5.14 Å². The molecule has 114 valence electrons. The van der Waals surface area contributed by atoms with Crippen LogP contribution in [0.2, 0.25) is 0 Å². The van der Waals surface area contributed by atoms with E-state index in [1.807, 2.05) is 6.92 Å². The summed E-state index contributed by atoms with van der Waals surface area (Å²) in [5.74, 6) is -0.0195. The Hall–Kier alpha value is -0.980. The van der Waals surface area contributed by atoms with Crippen molar-refractivity contribution in [3.8, 4) is 0 Å². The molecule has 6 heteroatoms. The van der Waals surface area contributed by atoms with Gasteiger partial charge < -0.3 is 5.32 Å². The zero-order chi connectivity index (χ0) is 15.3. The number of benzene rings is 1. The van der Waals surface area contributed by atoms with Gasteiger partial charge in [0.2, 0.25) is 10.0 Å². The third kappa shape index (κ3) is 5.19. The summed E-state index contributed by atoms with van der Waals surface area (Å²) in [5, 5.41) is 8.31. The fourth-order valence-corrected chi connectivity index (χ4v) is 2.76. The predicted octanol–water partition coefficient (Wildman–Crippen LogP) is 2.04. The van der Waals surface area contributed by atoms with Crippen molar-refractivity contribution < 1.29 is 12.8 Å². The number of hydrogen-bond donors (Lipinski definition) is 2. The first-order valence-electron chi connectivity index (χ1n) is 6.78. The third-order valence-corrected chi connectivity index (χ3v) is 3.98. The average molecular weight is 302 g/mol. The van der Waals surface area contributed by atoms with E-state index in [9.17, 15) is 12.8 Å². The van der Waals surface area contributed by atoms with Gasteiger partial charge in [-0.1, -0.05) is 26.8 Å². The quantitative estimate of drug-likeness (QED) is 0.809. The van der Waals surface area contributed by atoms with Gasteiger partial charge in [0.1, 0.15) is 5.82 Å². The first-order valence-corrected chi connectivity index (χ1v) is 8.33. The molecular formula is C14H23FN2O2S.